The van der Waals surface area contributed by atoms with Gasteiger partial charge in [-0.3, -0.25) is 5.32 Å². The van der Waals surface area contributed by atoms with Crippen LogP contribution in [-0.2, 0) is 17.6 Å². The predicted molar refractivity (Wildman–Crippen MR) is 156 cm³/mol. The summed E-state index contributed by atoms with van der Waals surface area (Å²) < 4.78 is 42.0. The lowest BCUT2D eigenvalue weighted by Crippen LogP contribution is -2.33. The summed E-state index contributed by atoms with van der Waals surface area (Å²) in [5.74, 6) is 2.63. The normalized spacial score (nSPS) is 20.5. The highest BCUT2D eigenvalue weighted by Gasteiger charge is 2.33. The molecule has 1 aromatic carbocycles. The molecule has 3 aliphatic rings. The number of imidazole rings is 1. The van der Waals surface area contributed by atoms with Gasteiger partial charge in [-0.05, 0) is 69.1 Å². The smallest absolute Gasteiger partial charge is 0.365 e. The minimum Gasteiger partial charge on any atom is -0.365 e. The number of hydrogen-bond acceptors (Lipinski definition) is 8. The van der Waals surface area contributed by atoms with E-state index in [0.29, 0.717) is 59.2 Å². The molecule has 0 bridgehead atoms. The number of halogens is 3. The van der Waals surface area contributed by atoms with Gasteiger partial charge in [0.25, 0.3) is 0 Å². The van der Waals surface area contributed by atoms with Crippen molar-refractivity contribution in [1.29, 1.82) is 0 Å². The van der Waals surface area contributed by atoms with E-state index in [0.717, 1.165) is 31.5 Å². The maximum Gasteiger partial charge on any atom is 0.427 e. The van der Waals surface area contributed by atoms with Crippen molar-refractivity contribution in [3.63, 3.8) is 0 Å². The van der Waals surface area contributed by atoms with Gasteiger partial charge in [0, 0.05) is 19.1 Å². The fraction of sp³-hybridized carbons (Fsp3) is 0.600. The lowest BCUT2D eigenvalue weighted by molar-refractivity contribution is -0.137. The number of alkyl halides is 3. The number of hydrogen-bond donors (Lipinski definition) is 3. The number of nitrogens with zero attached hydrogens (tertiary/aromatic N) is 5. The van der Waals surface area contributed by atoms with Gasteiger partial charge in [-0.2, -0.15) is 18.2 Å². The number of carbonyl (C=O) groups excluding carboxylic acids is 1. The molecule has 0 spiro atoms. The van der Waals surface area contributed by atoms with E-state index in [1.54, 1.807) is 0 Å². The fourth-order valence-electron chi connectivity index (χ4n) is 6.36. The van der Waals surface area contributed by atoms with Gasteiger partial charge in [0.15, 0.2) is 23.5 Å². The Balaban J connectivity index is 1.45. The van der Waals surface area contributed by atoms with E-state index >= 15 is 0 Å². The molecular formula is C30H39F3N8O2. The third kappa shape index (κ3) is 6.36. The lowest BCUT2D eigenvalue weighted by atomic mass is 9.80. The number of fused-ring (bicyclic) bond motifs is 1. The van der Waals surface area contributed by atoms with Crippen molar-refractivity contribution >= 4 is 29.0 Å². The van der Waals surface area contributed by atoms with Crippen LogP contribution in [0.4, 0.5) is 29.7 Å². The van der Waals surface area contributed by atoms with Crippen LogP contribution in [0.5, 0.6) is 0 Å². The van der Waals surface area contributed by atoms with E-state index in [1.807, 2.05) is 4.57 Å². The molecule has 3 fully saturated rings. The highest BCUT2D eigenvalue weighted by atomic mass is 19.4. The Kier molecular flexibility index (Phi) is 8.34. The number of amides is 1. The summed E-state index contributed by atoms with van der Waals surface area (Å²) in [4.78, 5) is 33.6. The average Bonchev–Trinajstić information content (AvgIpc) is 3.55. The zero-order chi connectivity index (χ0) is 30.1. The zero-order valence-electron chi connectivity index (χ0n) is 24.6. The van der Waals surface area contributed by atoms with Gasteiger partial charge in [-0.25, -0.2) is 14.8 Å². The maximum atomic E-state index is 13.3. The number of hydroxylamine groups is 1. The third-order valence-corrected chi connectivity index (χ3v) is 9.10. The lowest BCUT2D eigenvalue weighted by Gasteiger charge is -2.32. The van der Waals surface area contributed by atoms with Crippen molar-refractivity contribution in [3.05, 3.63) is 41.2 Å². The molecule has 1 amide bonds. The molecule has 3 N–H and O–H groups in total. The van der Waals surface area contributed by atoms with Crippen LogP contribution in [-0.4, -0.2) is 44.7 Å². The van der Waals surface area contributed by atoms with Gasteiger partial charge in [-0.1, -0.05) is 37.8 Å². The minimum absolute atomic E-state index is 0.129. The first-order valence-electron chi connectivity index (χ1n) is 15.4. The zero-order valence-corrected chi connectivity index (χ0v) is 24.6. The maximum absolute atomic E-state index is 13.3. The highest BCUT2D eigenvalue weighted by Crippen LogP contribution is 2.35. The second-order valence-electron chi connectivity index (χ2n) is 12.0. The van der Waals surface area contributed by atoms with Gasteiger partial charge >= 0.3 is 12.3 Å². The van der Waals surface area contributed by atoms with Crippen LogP contribution in [0, 0.1) is 11.8 Å². The van der Waals surface area contributed by atoms with Crippen LogP contribution in [0.3, 0.4) is 0 Å². The van der Waals surface area contributed by atoms with E-state index in [1.165, 1.54) is 50.7 Å². The van der Waals surface area contributed by atoms with Crippen LogP contribution in [0.25, 0.3) is 11.2 Å². The first-order valence-corrected chi connectivity index (χ1v) is 15.4. The topological polar surface area (TPSA) is 109 Å². The molecule has 1 aliphatic heterocycles. The molecule has 3 aromatic rings. The van der Waals surface area contributed by atoms with Crippen molar-refractivity contribution in [1.82, 2.24) is 30.3 Å². The van der Waals surface area contributed by atoms with E-state index in [2.05, 4.69) is 34.9 Å². The van der Waals surface area contributed by atoms with Gasteiger partial charge in [-0.15, -0.1) is 5.48 Å². The molecule has 232 valence electrons. The average molecular weight is 601 g/mol. The quantitative estimate of drug-likeness (QED) is 0.255. The van der Waals surface area contributed by atoms with Crippen LogP contribution in [0.1, 0.15) is 88.3 Å². The molecular weight excluding hydrogens is 561 g/mol. The van der Waals surface area contributed by atoms with E-state index in [-0.39, 0.29) is 6.04 Å². The molecule has 3 heterocycles. The first-order chi connectivity index (χ1) is 20.7. The summed E-state index contributed by atoms with van der Waals surface area (Å²) in [6.07, 6.45) is 3.70. The van der Waals surface area contributed by atoms with Crippen molar-refractivity contribution in [2.24, 2.45) is 11.8 Å². The van der Waals surface area contributed by atoms with Gasteiger partial charge in [0.2, 0.25) is 5.95 Å². The monoisotopic (exact) mass is 600 g/mol. The second kappa shape index (κ2) is 12.2. The minimum atomic E-state index is -4.41. The Morgan fingerprint density at radius 3 is 2.42 bits per heavy atom. The Morgan fingerprint density at radius 1 is 1.07 bits per heavy atom. The molecule has 43 heavy (non-hydrogen) atoms. The van der Waals surface area contributed by atoms with Crippen molar-refractivity contribution in [2.75, 3.05) is 23.3 Å². The van der Waals surface area contributed by atoms with Crippen LogP contribution in [0.2, 0.25) is 0 Å². The van der Waals surface area contributed by atoms with E-state index in [4.69, 9.17) is 19.8 Å². The summed E-state index contributed by atoms with van der Waals surface area (Å²) in [6.45, 7) is 6.07. The molecule has 10 nitrogen and oxygen atoms in total. The first kappa shape index (κ1) is 29.5. The molecule has 1 unspecified atom stereocenters. The Labute approximate surface area is 248 Å². The largest absolute Gasteiger partial charge is 0.427 e. The summed E-state index contributed by atoms with van der Waals surface area (Å²) in [6, 6.07) is 5.41. The molecule has 2 atom stereocenters. The number of rotatable bonds is 10. The molecule has 2 aromatic heterocycles. The van der Waals surface area contributed by atoms with Crippen molar-refractivity contribution in [2.45, 2.75) is 90.1 Å². The highest BCUT2D eigenvalue weighted by molar-refractivity contribution is 5.86. The fourth-order valence-corrected chi connectivity index (χ4v) is 6.36. The number of aromatic nitrogens is 4. The molecule has 13 heteroatoms. The molecule has 1 saturated heterocycles. The second-order valence-corrected chi connectivity index (χ2v) is 12.0. The number of carbonyl (C=O) groups is 1. The summed E-state index contributed by atoms with van der Waals surface area (Å²) in [7, 11) is 0. The van der Waals surface area contributed by atoms with Gasteiger partial charge < -0.3 is 19.6 Å². The van der Waals surface area contributed by atoms with E-state index < -0.39 is 24.0 Å². The number of nitrogens with one attached hydrogen (secondary N) is 3. The summed E-state index contributed by atoms with van der Waals surface area (Å²) in [5.41, 5.74) is 3.78. The Hall–Kier alpha value is -3.61. The number of benzene rings is 1. The van der Waals surface area contributed by atoms with Crippen molar-refractivity contribution < 1.29 is 22.8 Å². The molecule has 2 saturated carbocycles. The summed E-state index contributed by atoms with van der Waals surface area (Å²) >= 11 is 0. The van der Waals surface area contributed by atoms with Gasteiger partial charge in [0.1, 0.15) is 5.52 Å². The molecule has 6 rings (SSSR count). The SMILES string of the molecule is CCN(CC1CCCCC1)c1nc2nc(C3NOC(=O)N3)nc(N[C@H](C)C3CCC3)c2n1Cc1ccc(C(F)(F)F)cc1. The third-order valence-electron chi connectivity index (χ3n) is 9.10. The van der Waals surface area contributed by atoms with Crippen LogP contribution < -0.4 is 21.0 Å². The molecule has 2 aliphatic carbocycles. The van der Waals surface area contributed by atoms with Crippen LogP contribution in [0.15, 0.2) is 24.3 Å². The Morgan fingerprint density at radius 2 is 1.81 bits per heavy atom. The summed E-state index contributed by atoms with van der Waals surface area (Å²) in [5, 5.41) is 6.27. The van der Waals surface area contributed by atoms with Crippen LogP contribution >= 0.6 is 0 Å². The van der Waals surface area contributed by atoms with E-state index in [9.17, 15) is 18.0 Å². The van der Waals surface area contributed by atoms with Gasteiger partial charge in [0.05, 0.1) is 12.1 Å². The molecule has 0 radical (unpaired) electrons. The Bertz CT molecular complexity index is 1430. The predicted octanol–water partition coefficient (Wildman–Crippen LogP) is 6.14. The number of anilines is 2. The van der Waals surface area contributed by atoms with Crippen molar-refractivity contribution in [3.8, 4) is 0 Å². The standard InChI is InChI=1S/C30H39F3N8O2/c1-3-40(16-19-8-5-4-6-9-19)28-37-25-23(41(28)17-20-12-14-22(15-13-20)30(31,32)33)24(34-18(2)21-10-7-11-21)35-26(36-25)27-38-29(42)43-39-27/h12-15,18-19,21,27,39H,3-11,16-17H2,1-2H3,(H,38,42)(H,34,35,36)/t18-,27?/m1/s1.